The molecule has 0 unspecified atom stereocenters. The Hall–Kier alpha value is -1.93. The monoisotopic (exact) mass is 357 g/mol. The molecule has 1 amide bonds. The van der Waals surface area contributed by atoms with Crippen molar-refractivity contribution >= 4 is 17.8 Å². The fourth-order valence-electron chi connectivity index (χ4n) is 2.77. The van der Waals surface area contributed by atoms with Crippen molar-refractivity contribution in [2.45, 2.75) is 39.2 Å². The first-order chi connectivity index (χ1) is 11.8. The SMILES string of the molecule is C=CCN1CCC[C@H]1C(=O)N1CCCNCC1.CC(=O)O.CC(=O)O. The van der Waals surface area contributed by atoms with Crippen molar-refractivity contribution in [3.63, 3.8) is 0 Å². The summed E-state index contributed by atoms with van der Waals surface area (Å²) in [5, 5.41) is 18.2. The summed E-state index contributed by atoms with van der Waals surface area (Å²) in [6, 6.07) is 0.103. The number of carbonyl (C=O) groups is 3. The van der Waals surface area contributed by atoms with Crippen molar-refractivity contribution in [3.05, 3.63) is 12.7 Å². The van der Waals surface area contributed by atoms with Gasteiger partial charge in [0.25, 0.3) is 11.9 Å². The van der Waals surface area contributed by atoms with Crippen LogP contribution in [0, 0.1) is 0 Å². The molecule has 144 valence electrons. The molecule has 0 saturated carbocycles. The molecule has 8 nitrogen and oxygen atoms in total. The van der Waals surface area contributed by atoms with Crippen LogP contribution in [-0.2, 0) is 14.4 Å². The van der Waals surface area contributed by atoms with E-state index in [1.807, 2.05) is 11.0 Å². The normalized spacial score (nSPS) is 20.2. The Bertz CT molecular complexity index is 414. The molecule has 2 fully saturated rings. The van der Waals surface area contributed by atoms with Gasteiger partial charge in [0.15, 0.2) is 0 Å². The van der Waals surface area contributed by atoms with Gasteiger partial charge in [0, 0.05) is 40.0 Å². The number of hydrogen-bond acceptors (Lipinski definition) is 5. The van der Waals surface area contributed by atoms with E-state index in [1.54, 1.807) is 0 Å². The molecule has 2 rings (SSSR count). The molecule has 0 aromatic carbocycles. The number of carbonyl (C=O) groups excluding carboxylic acids is 1. The van der Waals surface area contributed by atoms with E-state index < -0.39 is 11.9 Å². The number of carboxylic acid groups (broad SMARTS) is 2. The van der Waals surface area contributed by atoms with E-state index in [4.69, 9.17) is 19.8 Å². The van der Waals surface area contributed by atoms with Crippen molar-refractivity contribution in [3.8, 4) is 0 Å². The van der Waals surface area contributed by atoms with Gasteiger partial charge in [0.2, 0.25) is 5.91 Å². The second kappa shape index (κ2) is 13.4. The molecule has 3 N–H and O–H groups in total. The highest BCUT2D eigenvalue weighted by atomic mass is 16.4. The Morgan fingerprint density at radius 1 is 1.08 bits per heavy atom. The van der Waals surface area contributed by atoms with Gasteiger partial charge in [0.05, 0.1) is 6.04 Å². The Morgan fingerprint density at radius 2 is 1.68 bits per heavy atom. The van der Waals surface area contributed by atoms with Crippen molar-refractivity contribution in [2.75, 3.05) is 39.3 Å². The summed E-state index contributed by atoms with van der Waals surface area (Å²) in [7, 11) is 0. The quantitative estimate of drug-likeness (QED) is 0.636. The minimum atomic E-state index is -0.833. The van der Waals surface area contributed by atoms with Crippen molar-refractivity contribution in [1.82, 2.24) is 15.1 Å². The smallest absolute Gasteiger partial charge is 0.300 e. The molecule has 0 bridgehead atoms. The van der Waals surface area contributed by atoms with Crippen LogP contribution in [0.15, 0.2) is 12.7 Å². The summed E-state index contributed by atoms with van der Waals surface area (Å²) in [6.07, 6.45) is 5.11. The summed E-state index contributed by atoms with van der Waals surface area (Å²) >= 11 is 0. The Kier molecular flexibility index (Phi) is 12.3. The van der Waals surface area contributed by atoms with E-state index in [-0.39, 0.29) is 6.04 Å². The Balaban J connectivity index is 0.000000609. The molecule has 0 aliphatic carbocycles. The van der Waals surface area contributed by atoms with Crippen molar-refractivity contribution in [2.24, 2.45) is 0 Å². The fraction of sp³-hybridized carbons (Fsp3) is 0.706. The molecule has 0 spiro atoms. The highest BCUT2D eigenvalue weighted by Crippen LogP contribution is 2.19. The van der Waals surface area contributed by atoms with Gasteiger partial charge in [-0.05, 0) is 32.4 Å². The molecule has 0 aromatic heterocycles. The van der Waals surface area contributed by atoms with E-state index in [0.29, 0.717) is 5.91 Å². The van der Waals surface area contributed by atoms with Crippen LogP contribution in [0.2, 0.25) is 0 Å². The van der Waals surface area contributed by atoms with E-state index in [9.17, 15) is 4.79 Å². The van der Waals surface area contributed by atoms with Crippen LogP contribution < -0.4 is 5.32 Å². The number of amides is 1. The molecule has 2 heterocycles. The number of aliphatic carboxylic acids is 2. The van der Waals surface area contributed by atoms with Gasteiger partial charge >= 0.3 is 0 Å². The number of hydrogen-bond donors (Lipinski definition) is 3. The average Bonchev–Trinajstić information content (AvgIpc) is 2.79. The van der Waals surface area contributed by atoms with Gasteiger partial charge in [-0.15, -0.1) is 6.58 Å². The highest BCUT2D eigenvalue weighted by Gasteiger charge is 2.32. The molecule has 1 atom stereocenters. The summed E-state index contributed by atoms with van der Waals surface area (Å²) in [4.78, 5) is 34.8. The van der Waals surface area contributed by atoms with E-state index in [2.05, 4.69) is 16.8 Å². The van der Waals surface area contributed by atoms with Crippen molar-refractivity contribution in [1.29, 1.82) is 0 Å². The van der Waals surface area contributed by atoms with E-state index >= 15 is 0 Å². The standard InChI is InChI=1S/C13H23N3O.2C2H4O2/c1-2-8-15-9-3-5-12(15)13(17)16-10-4-6-14-7-11-16;2*1-2(3)4/h2,12,14H,1,3-11H2;2*1H3,(H,3,4)/t12-;;/m0../s1. The lowest BCUT2D eigenvalue weighted by Gasteiger charge is -2.28. The molecule has 2 saturated heterocycles. The van der Waals surface area contributed by atoms with E-state index in [0.717, 1.165) is 72.4 Å². The van der Waals surface area contributed by atoms with Crippen LogP contribution in [0.25, 0.3) is 0 Å². The van der Waals surface area contributed by atoms with Gasteiger partial charge in [-0.25, -0.2) is 0 Å². The van der Waals surface area contributed by atoms with E-state index in [1.165, 1.54) is 0 Å². The molecular weight excluding hydrogens is 326 g/mol. The van der Waals surface area contributed by atoms with Crippen LogP contribution in [0.1, 0.15) is 33.1 Å². The molecule has 0 aromatic rings. The maximum atomic E-state index is 12.5. The summed E-state index contributed by atoms with van der Waals surface area (Å²) < 4.78 is 0. The third kappa shape index (κ3) is 11.3. The Labute approximate surface area is 149 Å². The van der Waals surface area contributed by atoms with Gasteiger partial charge in [-0.2, -0.15) is 0 Å². The first kappa shape index (κ1) is 23.1. The lowest BCUT2D eigenvalue weighted by molar-refractivity contribution is -0.136. The zero-order valence-electron chi connectivity index (χ0n) is 15.2. The number of nitrogens with zero attached hydrogens (tertiary/aromatic N) is 2. The van der Waals surface area contributed by atoms with Crippen molar-refractivity contribution < 1.29 is 24.6 Å². The van der Waals surface area contributed by atoms with Crippen LogP contribution >= 0.6 is 0 Å². The zero-order chi connectivity index (χ0) is 19.2. The molecule has 8 heteroatoms. The first-order valence-corrected chi connectivity index (χ1v) is 8.53. The number of likely N-dealkylation sites (tertiary alicyclic amines) is 1. The lowest BCUT2D eigenvalue weighted by Crippen LogP contribution is -2.46. The van der Waals surface area contributed by atoms with Crippen LogP contribution in [0.5, 0.6) is 0 Å². The first-order valence-electron chi connectivity index (χ1n) is 8.53. The minimum Gasteiger partial charge on any atom is -0.481 e. The highest BCUT2D eigenvalue weighted by molar-refractivity contribution is 5.82. The second-order valence-corrected chi connectivity index (χ2v) is 5.91. The lowest BCUT2D eigenvalue weighted by atomic mass is 10.2. The van der Waals surface area contributed by atoms with Crippen LogP contribution in [0.3, 0.4) is 0 Å². The molecular formula is C17H31N3O5. The van der Waals surface area contributed by atoms with Gasteiger partial charge in [0.1, 0.15) is 0 Å². The Morgan fingerprint density at radius 3 is 2.24 bits per heavy atom. The van der Waals surface area contributed by atoms with Crippen LogP contribution in [-0.4, -0.2) is 83.2 Å². The third-order valence-electron chi connectivity index (χ3n) is 3.66. The number of nitrogens with one attached hydrogen (secondary N) is 1. The maximum Gasteiger partial charge on any atom is 0.300 e. The summed E-state index contributed by atoms with van der Waals surface area (Å²) in [5.74, 6) is -1.34. The summed E-state index contributed by atoms with van der Waals surface area (Å²) in [6.45, 7) is 11.5. The molecule has 0 radical (unpaired) electrons. The topological polar surface area (TPSA) is 110 Å². The number of carboxylic acids is 2. The zero-order valence-corrected chi connectivity index (χ0v) is 15.2. The second-order valence-electron chi connectivity index (χ2n) is 5.91. The van der Waals surface area contributed by atoms with Gasteiger partial charge < -0.3 is 20.4 Å². The fourth-order valence-corrected chi connectivity index (χ4v) is 2.77. The van der Waals surface area contributed by atoms with Gasteiger partial charge in [-0.1, -0.05) is 6.08 Å². The number of rotatable bonds is 3. The molecule has 2 aliphatic rings. The predicted octanol–water partition coefficient (Wildman–Crippen LogP) is 0.641. The third-order valence-corrected chi connectivity index (χ3v) is 3.66. The largest absolute Gasteiger partial charge is 0.481 e. The maximum absolute atomic E-state index is 12.5. The molecule has 2 aliphatic heterocycles. The van der Waals surface area contributed by atoms with Gasteiger partial charge in [-0.3, -0.25) is 19.3 Å². The van der Waals surface area contributed by atoms with Crippen LogP contribution in [0.4, 0.5) is 0 Å². The molecule has 25 heavy (non-hydrogen) atoms. The average molecular weight is 357 g/mol. The minimum absolute atomic E-state index is 0.103. The summed E-state index contributed by atoms with van der Waals surface area (Å²) in [5.41, 5.74) is 0. The predicted molar refractivity (Wildman–Crippen MR) is 95.5 cm³/mol.